The van der Waals surface area contributed by atoms with E-state index in [0.29, 0.717) is 24.9 Å². The SMILES string of the molecule is CC[C@H](C)[C@H](NC(=O)[C@@H](NC(=O)[C@H](Cc1ccc(O)cc1)NC(=O)[C@@H]1CCCN1)C(C)C)C(=O)N[C@@H](Cc1c[nH]c2ccccc12)C(=O)N[C@@H](CC(C)C)C(=O)O. The monoisotopic (exact) mass is 789 g/mol. The predicted molar refractivity (Wildman–Crippen MR) is 216 cm³/mol. The Kier molecular flexibility index (Phi) is 16.0. The molecule has 57 heavy (non-hydrogen) atoms. The summed E-state index contributed by atoms with van der Waals surface area (Å²) in [7, 11) is 0. The maximum absolute atomic E-state index is 14.2. The number of aliphatic carboxylic acids is 1. The van der Waals surface area contributed by atoms with E-state index in [9.17, 15) is 39.0 Å². The van der Waals surface area contributed by atoms with Crippen molar-refractivity contribution in [1.29, 1.82) is 0 Å². The summed E-state index contributed by atoms with van der Waals surface area (Å²) in [6, 6.07) is 7.61. The van der Waals surface area contributed by atoms with Gasteiger partial charge in [0.25, 0.3) is 0 Å². The van der Waals surface area contributed by atoms with Gasteiger partial charge in [-0.1, -0.05) is 78.3 Å². The van der Waals surface area contributed by atoms with Gasteiger partial charge in [0.05, 0.1) is 6.04 Å². The molecule has 3 aromatic rings. The molecule has 0 bridgehead atoms. The molecule has 1 saturated heterocycles. The fourth-order valence-electron chi connectivity index (χ4n) is 6.95. The van der Waals surface area contributed by atoms with Crippen LogP contribution in [0.25, 0.3) is 10.9 Å². The topological polar surface area (TPSA) is 231 Å². The van der Waals surface area contributed by atoms with Crippen molar-refractivity contribution in [3.05, 3.63) is 65.9 Å². The van der Waals surface area contributed by atoms with E-state index in [1.54, 1.807) is 39.1 Å². The number of hydrogen-bond donors (Lipinski definition) is 9. The molecule has 1 aliphatic rings. The smallest absolute Gasteiger partial charge is 0.326 e. The van der Waals surface area contributed by atoms with E-state index < -0.39 is 77.7 Å². The highest BCUT2D eigenvalue weighted by molar-refractivity contribution is 5.97. The molecule has 1 aromatic heterocycles. The highest BCUT2D eigenvalue weighted by atomic mass is 16.4. The Hall–Kier alpha value is -5.44. The molecule has 1 fully saturated rings. The Bertz CT molecular complexity index is 1850. The van der Waals surface area contributed by atoms with Crippen LogP contribution >= 0.6 is 0 Å². The summed E-state index contributed by atoms with van der Waals surface area (Å²) in [5.41, 5.74) is 2.23. The molecule has 4 rings (SSSR count). The normalized spacial score (nSPS) is 17.2. The molecule has 0 unspecified atom stereocenters. The minimum Gasteiger partial charge on any atom is -0.508 e. The number of carboxylic acids is 1. The Morgan fingerprint density at radius 3 is 1.98 bits per heavy atom. The molecule has 2 heterocycles. The van der Waals surface area contributed by atoms with Crippen LogP contribution in [-0.2, 0) is 41.6 Å². The molecular formula is C42H59N7O8. The number of aromatic hydroxyl groups is 1. The third-order valence-electron chi connectivity index (χ3n) is 10.5. The number of aromatic amines is 1. The van der Waals surface area contributed by atoms with Gasteiger partial charge in [0.1, 0.15) is 36.0 Å². The van der Waals surface area contributed by atoms with Gasteiger partial charge in [-0.15, -0.1) is 0 Å². The van der Waals surface area contributed by atoms with Gasteiger partial charge in [-0.25, -0.2) is 4.79 Å². The van der Waals surface area contributed by atoms with Crippen LogP contribution in [0.4, 0.5) is 0 Å². The molecular weight excluding hydrogens is 731 g/mol. The first kappa shape index (κ1) is 44.3. The highest BCUT2D eigenvalue weighted by Crippen LogP contribution is 2.20. The minimum atomic E-state index is -1.20. The molecule has 7 atom stereocenters. The molecule has 310 valence electrons. The first-order chi connectivity index (χ1) is 27.1. The van der Waals surface area contributed by atoms with Crippen LogP contribution in [0.5, 0.6) is 5.75 Å². The van der Waals surface area contributed by atoms with Crippen LogP contribution in [0.3, 0.4) is 0 Å². The Balaban J connectivity index is 1.56. The second kappa shape index (κ2) is 20.6. The highest BCUT2D eigenvalue weighted by Gasteiger charge is 2.36. The lowest BCUT2D eigenvalue weighted by atomic mass is 9.95. The van der Waals surface area contributed by atoms with Gasteiger partial charge in [-0.3, -0.25) is 24.0 Å². The fourth-order valence-corrected chi connectivity index (χ4v) is 6.95. The summed E-state index contributed by atoms with van der Waals surface area (Å²) in [5.74, 6) is -4.93. The number of carbonyl (C=O) groups is 6. The van der Waals surface area contributed by atoms with E-state index in [0.717, 1.165) is 22.9 Å². The molecule has 2 aromatic carbocycles. The van der Waals surface area contributed by atoms with Crippen LogP contribution in [0.2, 0.25) is 0 Å². The number of carbonyl (C=O) groups excluding carboxylic acids is 5. The predicted octanol–water partition coefficient (Wildman–Crippen LogP) is 2.67. The number of phenols is 1. The van der Waals surface area contributed by atoms with Gasteiger partial charge < -0.3 is 47.1 Å². The third-order valence-corrected chi connectivity index (χ3v) is 10.5. The Morgan fingerprint density at radius 2 is 1.37 bits per heavy atom. The molecule has 1 aliphatic heterocycles. The van der Waals surface area contributed by atoms with E-state index >= 15 is 0 Å². The molecule has 0 spiro atoms. The number of amides is 5. The van der Waals surface area contributed by atoms with Crippen molar-refractivity contribution < 1.29 is 39.0 Å². The average Bonchev–Trinajstić information content (AvgIpc) is 3.86. The van der Waals surface area contributed by atoms with Crippen molar-refractivity contribution >= 4 is 46.4 Å². The van der Waals surface area contributed by atoms with Crippen LogP contribution < -0.4 is 31.9 Å². The van der Waals surface area contributed by atoms with Crippen molar-refractivity contribution in [3.63, 3.8) is 0 Å². The maximum atomic E-state index is 14.2. The summed E-state index contributed by atoms with van der Waals surface area (Å²) < 4.78 is 0. The lowest BCUT2D eigenvalue weighted by Crippen LogP contribution is -2.61. The van der Waals surface area contributed by atoms with E-state index in [-0.39, 0.29) is 36.8 Å². The quantitative estimate of drug-likeness (QED) is 0.0819. The fraction of sp³-hybridized carbons (Fsp3) is 0.524. The van der Waals surface area contributed by atoms with Crippen molar-refractivity contribution in [1.82, 2.24) is 36.9 Å². The number of rotatable bonds is 20. The summed E-state index contributed by atoms with van der Waals surface area (Å²) in [4.78, 5) is 84.4. The number of phenolic OH excluding ortho intramolecular Hbond substituents is 1. The molecule has 0 aliphatic carbocycles. The zero-order valence-electron chi connectivity index (χ0n) is 33.7. The lowest BCUT2D eigenvalue weighted by molar-refractivity contribution is -0.143. The maximum Gasteiger partial charge on any atom is 0.326 e. The first-order valence-electron chi connectivity index (χ1n) is 19.9. The van der Waals surface area contributed by atoms with Gasteiger partial charge in [-0.2, -0.15) is 0 Å². The number of H-pyrrole nitrogens is 1. The Labute approximate surface area is 333 Å². The first-order valence-corrected chi connectivity index (χ1v) is 19.9. The molecule has 15 nitrogen and oxygen atoms in total. The standard InChI is InChI=1S/C42H59N7O8/c1-7-25(6)36(41(55)46-33(38(52)47-34(42(56)57)19-23(2)3)21-27-22-44-30-12-9-8-11-29(27)30)49-40(54)35(24(4)5)48-39(53)32(20-26-14-16-28(50)17-15-26)45-37(51)31-13-10-18-43-31/h8-9,11-12,14-17,22-25,31-36,43-44,50H,7,10,13,18-21H2,1-6H3,(H,45,51)(H,46,55)(H,47,52)(H,48,53)(H,49,54)(H,56,57)/t25-,31-,32-,33-,34-,35-,36-/m0/s1. The van der Waals surface area contributed by atoms with Crippen LogP contribution in [-0.4, -0.2) is 93.5 Å². The van der Waals surface area contributed by atoms with E-state index in [2.05, 4.69) is 36.9 Å². The summed E-state index contributed by atoms with van der Waals surface area (Å²) in [5, 5.41) is 37.5. The largest absolute Gasteiger partial charge is 0.508 e. The lowest BCUT2D eigenvalue weighted by Gasteiger charge is -2.30. The van der Waals surface area contributed by atoms with Crippen LogP contribution in [0.15, 0.2) is 54.7 Å². The van der Waals surface area contributed by atoms with E-state index in [1.807, 2.05) is 45.0 Å². The summed E-state index contributed by atoms with van der Waals surface area (Å²) in [6.45, 7) is 11.5. The van der Waals surface area contributed by atoms with Crippen LogP contribution in [0.1, 0.15) is 78.4 Å². The van der Waals surface area contributed by atoms with Gasteiger partial charge in [0, 0.05) is 29.9 Å². The summed E-state index contributed by atoms with van der Waals surface area (Å²) in [6.07, 6.45) is 3.97. The molecule has 0 radical (unpaired) electrons. The zero-order chi connectivity index (χ0) is 41.8. The number of aromatic nitrogens is 1. The molecule has 0 saturated carbocycles. The van der Waals surface area contributed by atoms with E-state index in [1.165, 1.54) is 12.1 Å². The van der Waals surface area contributed by atoms with Gasteiger partial charge >= 0.3 is 5.97 Å². The second-order valence-corrected chi connectivity index (χ2v) is 15.8. The third kappa shape index (κ3) is 12.5. The second-order valence-electron chi connectivity index (χ2n) is 15.8. The van der Waals surface area contributed by atoms with E-state index in [4.69, 9.17) is 0 Å². The van der Waals surface area contributed by atoms with Crippen molar-refractivity contribution in [2.75, 3.05) is 6.54 Å². The average molecular weight is 790 g/mol. The van der Waals surface area contributed by atoms with Crippen molar-refractivity contribution in [2.24, 2.45) is 17.8 Å². The zero-order valence-corrected chi connectivity index (χ0v) is 33.7. The van der Waals surface area contributed by atoms with Gasteiger partial charge in [0.15, 0.2) is 0 Å². The molecule has 5 amide bonds. The number of benzene rings is 2. The minimum absolute atomic E-state index is 0.0314. The summed E-state index contributed by atoms with van der Waals surface area (Å²) >= 11 is 0. The molecule has 9 N–H and O–H groups in total. The number of fused-ring (bicyclic) bond motifs is 1. The van der Waals surface area contributed by atoms with Crippen molar-refractivity contribution in [3.8, 4) is 5.75 Å². The number of carboxylic acid groups (broad SMARTS) is 1. The Morgan fingerprint density at radius 1 is 0.754 bits per heavy atom. The molecule has 15 heteroatoms. The van der Waals surface area contributed by atoms with Gasteiger partial charge in [0.2, 0.25) is 29.5 Å². The van der Waals surface area contributed by atoms with Gasteiger partial charge in [-0.05, 0) is 72.9 Å². The van der Waals surface area contributed by atoms with Crippen LogP contribution in [0, 0.1) is 17.8 Å². The number of nitrogens with one attached hydrogen (secondary N) is 7. The van der Waals surface area contributed by atoms with Crippen molar-refractivity contribution in [2.45, 2.75) is 116 Å². The number of hydrogen-bond acceptors (Lipinski definition) is 8. The number of para-hydroxylation sites is 1.